The smallest absolute Gasteiger partial charge is 0.236 e. The van der Waals surface area contributed by atoms with Gasteiger partial charge in [0.25, 0.3) is 0 Å². The highest BCUT2D eigenvalue weighted by atomic mass is 16.2. The van der Waals surface area contributed by atoms with Crippen LogP contribution in [-0.4, -0.2) is 78.9 Å². The normalized spacial score (nSPS) is 19.3. The Hall–Kier alpha value is -1.92. The number of hydrogen-bond donors (Lipinski definition) is 1. The molecule has 0 spiro atoms. The zero-order chi connectivity index (χ0) is 19.8. The van der Waals surface area contributed by atoms with Crippen molar-refractivity contribution in [1.29, 1.82) is 0 Å². The van der Waals surface area contributed by atoms with E-state index in [1.165, 1.54) is 19.3 Å². The second-order valence-electron chi connectivity index (χ2n) is 8.11. The molecule has 1 saturated carbocycles. The largest absolute Gasteiger partial charge is 0.351 e. The molecule has 1 aliphatic carbocycles. The SMILES string of the molecule is CN(C(=O)CN1CCN(CC(=O)NCc2ccccc2)CC1)C1CCCCC1. The quantitative estimate of drug-likeness (QED) is 0.775. The van der Waals surface area contributed by atoms with Crippen molar-refractivity contribution < 1.29 is 9.59 Å². The van der Waals surface area contributed by atoms with Gasteiger partial charge in [0, 0.05) is 45.8 Å². The molecule has 0 unspecified atom stereocenters. The van der Waals surface area contributed by atoms with E-state index in [4.69, 9.17) is 0 Å². The molecule has 1 saturated heterocycles. The Kier molecular flexibility index (Phi) is 7.86. The van der Waals surface area contributed by atoms with E-state index < -0.39 is 0 Å². The van der Waals surface area contributed by atoms with Gasteiger partial charge in [-0.3, -0.25) is 19.4 Å². The van der Waals surface area contributed by atoms with Crippen molar-refractivity contribution in [3.63, 3.8) is 0 Å². The molecule has 3 rings (SSSR count). The molecule has 0 bridgehead atoms. The number of nitrogens with one attached hydrogen (secondary N) is 1. The summed E-state index contributed by atoms with van der Waals surface area (Å²) in [5.41, 5.74) is 1.11. The lowest BCUT2D eigenvalue weighted by Gasteiger charge is -2.36. The summed E-state index contributed by atoms with van der Waals surface area (Å²) in [5, 5.41) is 2.99. The topological polar surface area (TPSA) is 55.9 Å². The molecule has 2 amide bonds. The second-order valence-corrected chi connectivity index (χ2v) is 8.11. The first-order chi connectivity index (χ1) is 13.6. The van der Waals surface area contributed by atoms with Crippen LogP contribution in [0.2, 0.25) is 0 Å². The molecule has 6 nitrogen and oxygen atoms in total. The Bertz CT molecular complexity index is 623. The van der Waals surface area contributed by atoms with Gasteiger partial charge in [-0.1, -0.05) is 49.6 Å². The van der Waals surface area contributed by atoms with Crippen molar-refractivity contribution in [2.24, 2.45) is 0 Å². The highest BCUT2D eigenvalue weighted by Gasteiger charge is 2.25. The van der Waals surface area contributed by atoms with E-state index >= 15 is 0 Å². The summed E-state index contributed by atoms with van der Waals surface area (Å²) in [4.78, 5) is 31.1. The van der Waals surface area contributed by atoms with Crippen LogP contribution < -0.4 is 5.32 Å². The van der Waals surface area contributed by atoms with Crippen LogP contribution in [0.15, 0.2) is 30.3 Å². The fraction of sp³-hybridized carbons (Fsp3) is 0.636. The van der Waals surface area contributed by atoms with Gasteiger partial charge in [0.15, 0.2) is 0 Å². The summed E-state index contributed by atoms with van der Waals surface area (Å²) in [6, 6.07) is 10.4. The van der Waals surface area contributed by atoms with Gasteiger partial charge in [0.05, 0.1) is 13.1 Å². The summed E-state index contributed by atoms with van der Waals surface area (Å²) in [7, 11) is 1.96. The minimum atomic E-state index is 0.0606. The second kappa shape index (κ2) is 10.6. The Balaban J connectivity index is 1.33. The number of piperazine rings is 1. The molecule has 28 heavy (non-hydrogen) atoms. The highest BCUT2D eigenvalue weighted by molar-refractivity contribution is 5.78. The average molecular weight is 387 g/mol. The number of hydrogen-bond acceptors (Lipinski definition) is 4. The maximum Gasteiger partial charge on any atom is 0.236 e. The summed E-state index contributed by atoms with van der Waals surface area (Å²) in [6.45, 7) is 4.85. The molecule has 0 aromatic heterocycles. The molecular formula is C22H34N4O2. The van der Waals surface area contributed by atoms with Crippen molar-refractivity contribution >= 4 is 11.8 Å². The van der Waals surface area contributed by atoms with Gasteiger partial charge < -0.3 is 10.2 Å². The molecule has 0 radical (unpaired) electrons. The fourth-order valence-electron chi connectivity index (χ4n) is 4.14. The van der Waals surface area contributed by atoms with E-state index in [1.54, 1.807) is 0 Å². The summed E-state index contributed by atoms with van der Waals surface area (Å²) in [5.74, 6) is 0.298. The minimum absolute atomic E-state index is 0.0606. The number of nitrogens with zero attached hydrogens (tertiary/aromatic N) is 3. The molecule has 6 heteroatoms. The summed E-state index contributed by atoms with van der Waals surface area (Å²) < 4.78 is 0. The standard InChI is InChI=1S/C22H34N4O2/c1-24(20-10-6-3-7-11-20)22(28)18-26-14-12-25(13-15-26)17-21(27)23-16-19-8-4-2-5-9-19/h2,4-5,8-9,20H,3,6-7,10-18H2,1H3,(H,23,27). The zero-order valence-corrected chi connectivity index (χ0v) is 17.1. The predicted octanol–water partition coefficient (Wildman–Crippen LogP) is 1.71. The number of amides is 2. The third-order valence-electron chi connectivity index (χ3n) is 6.04. The van der Waals surface area contributed by atoms with Crippen LogP contribution in [0.1, 0.15) is 37.7 Å². The Morgan fingerprint density at radius 1 is 0.964 bits per heavy atom. The Morgan fingerprint density at radius 2 is 1.57 bits per heavy atom. The van der Waals surface area contributed by atoms with E-state index in [0.29, 0.717) is 25.7 Å². The van der Waals surface area contributed by atoms with Crippen LogP contribution in [0.5, 0.6) is 0 Å². The monoisotopic (exact) mass is 386 g/mol. The first-order valence-corrected chi connectivity index (χ1v) is 10.6. The van der Waals surface area contributed by atoms with Crippen LogP contribution in [0, 0.1) is 0 Å². The molecule has 1 aromatic rings. The molecule has 1 aromatic carbocycles. The van der Waals surface area contributed by atoms with Crippen molar-refractivity contribution in [2.45, 2.75) is 44.7 Å². The van der Waals surface area contributed by atoms with Crippen LogP contribution in [-0.2, 0) is 16.1 Å². The zero-order valence-electron chi connectivity index (χ0n) is 17.1. The lowest BCUT2D eigenvalue weighted by Crippen LogP contribution is -2.52. The van der Waals surface area contributed by atoms with Gasteiger partial charge in [-0.05, 0) is 18.4 Å². The Morgan fingerprint density at radius 3 is 2.21 bits per heavy atom. The summed E-state index contributed by atoms with van der Waals surface area (Å²) in [6.07, 6.45) is 6.09. The molecule has 2 aliphatic rings. The number of benzene rings is 1. The average Bonchev–Trinajstić information content (AvgIpc) is 2.74. The number of rotatable bonds is 7. The molecule has 2 fully saturated rings. The van der Waals surface area contributed by atoms with Gasteiger partial charge in [-0.2, -0.15) is 0 Å². The fourth-order valence-corrected chi connectivity index (χ4v) is 4.14. The van der Waals surface area contributed by atoms with Crippen molar-refractivity contribution in [3.8, 4) is 0 Å². The lowest BCUT2D eigenvalue weighted by molar-refractivity contribution is -0.134. The third kappa shape index (κ3) is 6.31. The Labute approximate surface area is 168 Å². The van der Waals surface area contributed by atoms with Gasteiger partial charge in [0.2, 0.25) is 11.8 Å². The van der Waals surface area contributed by atoms with Gasteiger partial charge in [-0.15, -0.1) is 0 Å². The van der Waals surface area contributed by atoms with Crippen LogP contribution in [0.4, 0.5) is 0 Å². The van der Waals surface area contributed by atoms with Crippen LogP contribution in [0.3, 0.4) is 0 Å². The number of carbonyl (C=O) groups is 2. The maximum absolute atomic E-state index is 12.6. The van der Waals surface area contributed by atoms with E-state index in [1.807, 2.05) is 42.3 Å². The molecule has 1 aliphatic heterocycles. The van der Waals surface area contributed by atoms with E-state index in [2.05, 4.69) is 15.1 Å². The molecular weight excluding hydrogens is 352 g/mol. The van der Waals surface area contributed by atoms with Crippen LogP contribution in [0.25, 0.3) is 0 Å². The number of carbonyl (C=O) groups excluding carboxylic acids is 2. The predicted molar refractivity (Wildman–Crippen MR) is 111 cm³/mol. The molecule has 0 atom stereocenters. The lowest BCUT2D eigenvalue weighted by atomic mass is 9.94. The van der Waals surface area contributed by atoms with Gasteiger partial charge >= 0.3 is 0 Å². The maximum atomic E-state index is 12.6. The first-order valence-electron chi connectivity index (χ1n) is 10.6. The highest BCUT2D eigenvalue weighted by Crippen LogP contribution is 2.21. The van der Waals surface area contributed by atoms with Gasteiger partial charge in [0.1, 0.15) is 0 Å². The van der Waals surface area contributed by atoms with Gasteiger partial charge in [-0.25, -0.2) is 0 Å². The van der Waals surface area contributed by atoms with Crippen molar-refractivity contribution in [3.05, 3.63) is 35.9 Å². The van der Waals surface area contributed by atoms with E-state index in [-0.39, 0.29) is 11.8 Å². The summed E-state index contributed by atoms with van der Waals surface area (Å²) >= 11 is 0. The molecule has 1 heterocycles. The first kappa shape index (κ1) is 20.8. The van der Waals surface area contributed by atoms with Crippen molar-refractivity contribution in [2.75, 3.05) is 46.3 Å². The molecule has 154 valence electrons. The third-order valence-corrected chi connectivity index (χ3v) is 6.04. The molecule has 1 N–H and O–H groups in total. The van der Waals surface area contributed by atoms with Crippen molar-refractivity contribution in [1.82, 2.24) is 20.0 Å². The number of likely N-dealkylation sites (N-methyl/N-ethyl adjacent to an activating group) is 1. The van der Waals surface area contributed by atoms with E-state index in [0.717, 1.165) is 44.6 Å². The van der Waals surface area contributed by atoms with Crippen LogP contribution >= 0.6 is 0 Å². The minimum Gasteiger partial charge on any atom is -0.351 e. The van der Waals surface area contributed by atoms with E-state index in [9.17, 15) is 9.59 Å².